The van der Waals surface area contributed by atoms with Crippen molar-refractivity contribution in [3.63, 3.8) is 0 Å². The van der Waals surface area contributed by atoms with Crippen molar-refractivity contribution in [2.45, 2.75) is 25.5 Å². The summed E-state index contributed by atoms with van der Waals surface area (Å²) in [5.41, 5.74) is 1.78. The molecule has 3 rings (SSSR count). The average molecular weight is 375 g/mol. The summed E-state index contributed by atoms with van der Waals surface area (Å²) in [5, 5.41) is 10.3. The molecule has 0 bridgehead atoms. The van der Waals surface area contributed by atoms with Crippen LogP contribution in [0.25, 0.3) is 0 Å². The van der Waals surface area contributed by atoms with Crippen LogP contribution < -0.4 is 4.31 Å². The molecule has 0 saturated carbocycles. The Morgan fingerprint density at radius 2 is 1.62 bits per heavy atom. The molecular weight excluding hydrogens is 348 g/mol. The van der Waals surface area contributed by atoms with Crippen molar-refractivity contribution in [1.82, 2.24) is 4.90 Å². The molecule has 6 heteroatoms. The van der Waals surface area contributed by atoms with Crippen LogP contribution in [0.15, 0.2) is 60.7 Å². The molecule has 0 amide bonds. The minimum absolute atomic E-state index is 0.0431. The summed E-state index contributed by atoms with van der Waals surface area (Å²) in [5.74, 6) is 0.0431. The highest BCUT2D eigenvalue weighted by Crippen LogP contribution is 2.21. The lowest BCUT2D eigenvalue weighted by Crippen LogP contribution is -2.43. The van der Waals surface area contributed by atoms with Gasteiger partial charge in [-0.2, -0.15) is 0 Å². The molecule has 1 heterocycles. The molecule has 2 aromatic carbocycles. The van der Waals surface area contributed by atoms with Crippen molar-refractivity contribution in [3.8, 4) is 0 Å². The fourth-order valence-electron chi connectivity index (χ4n) is 3.27. The maximum atomic E-state index is 13.0. The van der Waals surface area contributed by atoms with Crippen molar-refractivity contribution in [2.24, 2.45) is 0 Å². The van der Waals surface area contributed by atoms with Gasteiger partial charge >= 0.3 is 0 Å². The van der Waals surface area contributed by atoms with Crippen LogP contribution in [0.1, 0.15) is 18.4 Å². The molecule has 0 aliphatic carbocycles. The summed E-state index contributed by atoms with van der Waals surface area (Å²) in [4.78, 5) is 2.16. The van der Waals surface area contributed by atoms with E-state index in [1.807, 2.05) is 36.4 Å². The van der Waals surface area contributed by atoms with E-state index >= 15 is 0 Å². The van der Waals surface area contributed by atoms with Gasteiger partial charge in [0.1, 0.15) is 0 Å². The second-order valence-electron chi connectivity index (χ2n) is 6.74. The highest BCUT2D eigenvalue weighted by molar-refractivity contribution is 7.92. The minimum Gasteiger partial charge on any atom is -0.391 e. The Morgan fingerprint density at radius 3 is 2.31 bits per heavy atom. The molecule has 0 spiro atoms. The van der Waals surface area contributed by atoms with Crippen molar-refractivity contribution in [2.75, 3.05) is 29.7 Å². The van der Waals surface area contributed by atoms with Gasteiger partial charge in [0, 0.05) is 13.1 Å². The number of aliphatic hydroxyl groups excluding tert-OH is 1. The first-order chi connectivity index (χ1) is 12.5. The van der Waals surface area contributed by atoms with Gasteiger partial charge in [-0.25, -0.2) is 8.42 Å². The lowest BCUT2D eigenvalue weighted by atomic mass is 10.1. The zero-order chi connectivity index (χ0) is 18.4. The summed E-state index contributed by atoms with van der Waals surface area (Å²) in [6.45, 7) is 2.10. The predicted molar refractivity (Wildman–Crippen MR) is 105 cm³/mol. The van der Waals surface area contributed by atoms with Crippen LogP contribution in [0, 0.1) is 0 Å². The zero-order valence-electron chi connectivity index (χ0n) is 14.9. The third-order valence-electron chi connectivity index (χ3n) is 4.68. The Balaban J connectivity index is 1.78. The highest BCUT2D eigenvalue weighted by atomic mass is 32.2. The molecule has 26 heavy (non-hydrogen) atoms. The molecular formula is C20H26N2O3S. The Kier molecular flexibility index (Phi) is 6.29. The molecule has 5 nitrogen and oxygen atoms in total. The zero-order valence-corrected chi connectivity index (χ0v) is 15.7. The summed E-state index contributed by atoms with van der Waals surface area (Å²) in [7, 11) is -3.50. The topological polar surface area (TPSA) is 60.9 Å². The fraction of sp³-hybridized carbons (Fsp3) is 0.400. The van der Waals surface area contributed by atoms with Crippen LogP contribution in [0.5, 0.6) is 0 Å². The maximum absolute atomic E-state index is 13.0. The number of para-hydroxylation sites is 1. The van der Waals surface area contributed by atoms with Crippen LogP contribution in [0.2, 0.25) is 0 Å². The lowest BCUT2D eigenvalue weighted by molar-refractivity contribution is 0.159. The largest absolute Gasteiger partial charge is 0.391 e. The number of sulfonamides is 1. The van der Waals surface area contributed by atoms with E-state index < -0.39 is 16.1 Å². The summed E-state index contributed by atoms with van der Waals surface area (Å²) < 4.78 is 27.3. The second-order valence-corrected chi connectivity index (χ2v) is 8.75. The molecule has 2 aromatic rings. The predicted octanol–water partition coefficient (Wildman–Crippen LogP) is 2.48. The molecule has 1 saturated heterocycles. The first kappa shape index (κ1) is 18.9. The van der Waals surface area contributed by atoms with E-state index in [1.165, 1.54) is 9.87 Å². The van der Waals surface area contributed by atoms with Gasteiger partial charge in [0.05, 0.1) is 24.1 Å². The number of β-amino-alcohol motifs (C(OH)–C–C–N with tert-alkyl or cyclic N) is 1. The van der Waals surface area contributed by atoms with E-state index in [2.05, 4.69) is 17.0 Å². The van der Waals surface area contributed by atoms with Crippen LogP contribution in [-0.4, -0.2) is 49.9 Å². The van der Waals surface area contributed by atoms with Crippen LogP contribution >= 0.6 is 0 Å². The third-order valence-corrected chi connectivity index (χ3v) is 6.41. The van der Waals surface area contributed by atoms with Crippen molar-refractivity contribution >= 4 is 15.7 Å². The second kappa shape index (κ2) is 8.66. The molecule has 1 aliphatic rings. The van der Waals surface area contributed by atoms with E-state index in [1.54, 1.807) is 12.1 Å². The van der Waals surface area contributed by atoms with E-state index in [4.69, 9.17) is 0 Å². The monoisotopic (exact) mass is 374 g/mol. The van der Waals surface area contributed by atoms with E-state index in [0.717, 1.165) is 19.5 Å². The standard InChI is InChI=1S/C20H26N2O3S/c23-20-12-7-13-21(16-18-8-3-1-4-9-18)14-15-26(24,25)22(17-20)19-10-5-2-6-11-19/h1-6,8-11,20,23H,7,12-17H2/t20-/m1/s1. The summed E-state index contributed by atoms with van der Waals surface area (Å²) in [6.07, 6.45) is 0.766. The maximum Gasteiger partial charge on any atom is 0.236 e. The van der Waals surface area contributed by atoms with Gasteiger partial charge in [-0.05, 0) is 37.1 Å². The van der Waals surface area contributed by atoms with Crippen molar-refractivity contribution in [1.29, 1.82) is 0 Å². The lowest BCUT2D eigenvalue weighted by Gasteiger charge is -2.31. The van der Waals surface area contributed by atoms with Gasteiger partial charge in [-0.3, -0.25) is 9.21 Å². The molecule has 0 unspecified atom stereocenters. The fourth-order valence-corrected chi connectivity index (χ4v) is 4.82. The number of anilines is 1. The van der Waals surface area contributed by atoms with Crippen molar-refractivity contribution < 1.29 is 13.5 Å². The smallest absolute Gasteiger partial charge is 0.236 e. The number of rotatable bonds is 3. The summed E-state index contributed by atoms with van der Waals surface area (Å²) >= 11 is 0. The van der Waals surface area contributed by atoms with Crippen LogP contribution in [0.3, 0.4) is 0 Å². The number of hydrogen-bond donors (Lipinski definition) is 1. The van der Waals surface area contributed by atoms with Crippen LogP contribution in [-0.2, 0) is 16.6 Å². The van der Waals surface area contributed by atoms with E-state index in [-0.39, 0.29) is 12.3 Å². The first-order valence-electron chi connectivity index (χ1n) is 9.04. The Hall–Kier alpha value is -1.89. The quantitative estimate of drug-likeness (QED) is 0.897. The SMILES string of the molecule is O=S1(=O)CCN(Cc2ccccc2)CCC[C@@H](O)CN1c1ccccc1. The third kappa shape index (κ3) is 5.06. The van der Waals surface area contributed by atoms with Crippen LogP contribution in [0.4, 0.5) is 5.69 Å². The van der Waals surface area contributed by atoms with Crippen molar-refractivity contribution in [3.05, 3.63) is 66.2 Å². The number of nitrogens with zero attached hydrogens (tertiary/aromatic N) is 2. The molecule has 0 radical (unpaired) electrons. The number of aliphatic hydroxyl groups is 1. The van der Waals surface area contributed by atoms with Gasteiger partial charge in [-0.15, -0.1) is 0 Å². The van der Waals surface area contributed by atoms with Gasteiger partial charge in [0.2, 0.25) is 10.0 Å². The van der Waals surface area contributed by atoms with E-state index in [0.29, 0.717) is 18.7 Å². The summed E-state index contributed by atoms with van der Waals surface area (Å²) in [6, 6.07) is 19.1. The minimum atomic E-state index is -3.50. The van der Waals surface area contributed by atoms with Gasteiger partial charge in [0.15, 0.2) is 0 Å². The van der Waals surface area contributed by atoms with Gasteiger partial charge in [0.25, 0.3) is 0 Å². The Morgan fingerprint density at radius 1 is 0.962 bits per heavy atom. The molecule has 1 N–H and O–H groups in total. The molecule has 1 aliphatic heterocycles. The Labute approximate surface area is 155 Å². The number of hydrogen-bond acceptors (Lipinski definition) is 4. The molecule has 0 aromatic heterocycles. The normalized spacial score (nSPS) is 22.0. The van der Waals surface area contributed by atoms with Gasteiger partial charge in [-0.1, -0.05) is 48.5 Å². The molecule has 140 valence electrons. The molecule has 1 fully saturated rings. The number of benzene rings is 2. The average Bonchev–Trinajstić information content (AvgIpc) is 2.65. The van der Waals surface area contributed by atoms with E-state index in [9.17, 15) is 13.5 Å². The first-order valence-corrected chi connectivity index (χ1v) is 10.7. The highest BCUT2D eigenvalue weighted by Gasteiger charge is 2.27. The van der Waals surface area contributed by atoms with Gasteiger partial charge < -0.3 is 5.11 Å². The Bertz CT molecular complexity index is 781. The molecule has 1 atom stereocenters.